The lowest BCUT2D eigenvalue weighted by atomic mass is 10.2. The number of aliphatic carboxylic acids is 1. The first kappa shape index (κ1) is 16.1. The van der Waals surface area contributed by atoms with Gasteiger partial charge in [-0.25, -0.2) is 4.79 Å². The third-order valence-electron chi connectivity index (χ3n) is 2.91. The third-order valence-corrected chi connectivity index (χ3v) is 3.44. The number of hydrogen-bond donors (Lipinski definition) is 1. The maximum atomic E-state index is 10.5. The summed E-state index contributed by atoms with van der Waals surface area (Å²) in [5.41, 5.74) is 1.77. The average molecular weight is 363 g/mol. The van der Waals surface area contributed by atoms with E-state index >= 15 is 0 Å². The van der Waals surface area contributed by atoms with Gasteiger partial charge in [-0.2, -0.15) is 0 Å². The normalized spacial score (nSPS) is 10.6. The highest BCUT2D eigenvalue weighted by Gasteiger charge is 2.05. The van der Waals surface area contributed by atoms with E-state index in [-0.39, 0.29) is 0 Å². The van der Waals surface area contributed by atoms with Crippen LogP contribution in [-0.2, 0) is 11.4 Å². The molecule has 4 nitrogen and oxygen atoms in total. The molecule has 2 aromatic carbocycles. The predicted molar refractivity (Wildman–Crippen MR) is 88.1 cm³/mol. The maximum Gasteiger partial charge on any atom is 0.328 e. The smallest absolute Gasteiger partial charge is 0.328 e. The zero-order valence-electron chi connectivity index (χ0n) is 12.0. The Morgan fingerprint density at radius 2 is 1.91 bits per heavy atom. The topological polar surface area (TPSA) is 55.8 Å². The first-order valence-corrected chi connectivity index (χ1v) is 7.34. The molecular weight excluding hydrogens is 348 g/mol. The molecule has 0 aromatic heterocycles. The van der Waals surface area contributed by atoms with Gasteiger partial charge in [-0.05, 0) is 41.5 Å². The maximum absolute atomic E-state index is 10.5. The van der Waals surface area contributed by atoms with E-state index in [2.05, 4.69) is 15.9 Å². The second kappa shape index (κ2) is 7.66. The first-order chi connectivity index (χ1) is 10.6. The number of halogens is 1. The first-order valence-electron chi connectivity index (χ1n) is 6.55. The Bertz CT molecular complexity index is 678. The number of carboxylic acids is 1. The van der Waals surface area contributed by atoms with Crippen molar-refractivity contribution in [2.75, 3.05) is 7.11 Å². The Labute approximate surface area is 137 Å². The van der Waals surface area contributed by atoms with Crippen molar-refractivity contribution in [2.45, 2.75) is 6.61 Å². The number of methoxy groups -OCH3 is 1. The zero-order valence-corrected chi connectivity index (χ0v) is 13.5. The Morgan fingerprint density at radius 1 is 1.18 bits per heavy atom. The fraction of sp³-hybridized carbons (Fsp3) is 0.118. The minimum atomic E-state index is -0.991. The lowest BCUT2D eigenvalue weighted by Crippen LogP contribution is -1.98. The zero-order chi connectivity index (χ0) is 15.9. The molecule has 0 aliphatic heterocycles. The van der Waals surface area contributed by atoms with Gasteiger partial charge in [-0.15, -0.1) is 0 Å². The summed E-state index contributed by atoms with van der Waals surface area (Å²) in [7, 11) is 1.55. The van der Waals surface area contributed by atoms with Crippen molar-refractivity contribution >= 4 is 28.0 Å². The Hall–Kier alpha value is -2.27. The minimum absolute atomic E-state index is 0.425. The average Bonchev–Trinajstić information content (AvgIpc) is 2.52. The number of rotatable bonds is 6. The van der Waals surface area contributed by atoms with Gasteiger partial charge >= 0.3 is 5.97 Å². The quantitative estimate of drug-likeness (QED) is 0.784. The van der Waals surface area contributed by atoms with Gasteiger partial charge in [0.25, 0.3) is 0 Å². The van der Waals surface area contributed by atoms with E-state index in [9.17, 15) is 4.79 Å². The molecule has 2 rings (SSSR count). The van der Waals surface area contributed by atoms with E-state index in [0.717, 1.165) is 21.7 Å². The van der Waals surface area contributed by atoms with Crippen LogP contribution >= 0.6 is 15.9 Å². The Balaban J connectivity index is 2.10. The van der Waals surface area contributed by atoms with Gasteiger partial charge in [0.05, 0.1) is 7.11 Å². The van der Waals surface area contributed by atoms with E-state index in [1.165, 1.54) is 6.08 Å². The van der Waals surface area contributed by atoms with Crippen molar-refractivity contribution in [2.24, 2.45) is 0 Å². The van der Waals surface area contributed by atoms with Gasteiger partial charge in [0.2, 0.25) is 0 Å². The lowest BCUT2D eigenvalue weighted by Gasteiger charge is -2.11. The van der Waals surface area contributed by atoms with Gasteiger partial charge in [0, 0.05) is 10.5 Å². The molecule has 0 fully saturated rings. The summed E-state index contributed by atoms with van der Waals surface area (Å²) >= 11 is 3.39. The van der Waals surface area contributed by atoms with Crippen molar-refractivity contribution in [3.63, 3.8) is 0 Å². The van der Waals surface area contributed by atoms with Crippen LogP contribution in [0.5, 0.6) is 11.5 Å². The molecular formula is C17H15BrO4. The van der Waals surface area contributed by atoms with E-state index in [1.807, 2.05) is 24.3 Å². The van der Waals surface area contributed by atoms with Crippen LogP contribution in [0.25, 0.3) is 6.08 Å². The molecule has 1 N–H and O–H groups in total. The van der Waals surface area contributed by atoms with Crippen molar-refractivity contribution in [3.05, 3.63) is 64.1 Å². The van der Waals surface area contributed by atoms with Gasteiger partial charge in [-0.1, -0.05) is 34.1 Å². The predicted octanol–water partition coefficient (Wildman–Crippen LogP) is 4.13. The molecule has 2 aromatic rings. The number of carbonyl (C=O) groups is 1. The number of hydrogen-bond acceptors (Lipinski definition) is 3. The molecule has 0 saturated heterocycles. The van der Waals surface area contributed by atoms with Crippen molar-refractivity contribution in [1.29, 1.82) is 0 Å². The Morgan fingerprint density at radius 3 is 2.55 bits per heavy atom. The molecule has 0 spiro atoms. The number of benzene rings is 2. The van der Waals surface area contributed by atoms with Gasteiger partial charge in [0.1, 0.15) is 6.61 Å². The van der Waals surface area contributed by atoms with Crippen LogP contribution in [0, 0.1) is 0 Å². The molecule has 5 heteroatoms. The van der Waals surface area contributed by atoms with Crippen LogP contribution in [0.4, 0.5) is 0 Å². The second-order valence-electron chi connectivity index (χ2n) is 4.50. The summed E-state index contributed by atoms with van der Waals surface area (Å²) in [6, 6.07) is 13.1. The molecule has 0 aliphatic rings. The largest absolute Gasteiger partial charge is 0.493 e. The van der Waals surface area contributed by atoms with Crippen molar-refractivity contribution in [1.82, 2.24) is 0 Å². The fourth-order valence-corrected chi connectivity index (χ4v) is 2.08. The van der Waals surface area contributed by atoms with Gasteiger partial charge in [-0.3, -0.25) is 0 Å². The Kier molecular flexibility index (Phi) is 5.61. The molecule has 0 radical (unpaired) electrons. The van der Waals surface area contributed by atoms with Crippen molar-refractivity contribution in [3.8, 4) is 11.5 Å². The molecule has 0 heterocycles. The number of carboxylic acid groups (broad SMARTS) is 1. The summed E-state index contributed by atoms with van der Waals surface area (Å²) in [6.45, 7) is 0.425. The fourth-order valence-electron chi connectivity index (χ4n) is 1.82. The third kappa shape index (κ3) is 4.63. The van der Waals surface area contributed by atoms with E-state index in [4.69, 9.17) is 14.6 Å². The van der Waals surface area contributed by atoms with Crippen LogP contribution in [-0.4, -0.2) is 18.2 Å². The summed E-state index contributed by atoms with van der Waals surface area (Å²) in [4.78, 5) is 10.5. The monoisotopic (exact) mass is 362 g/mol. The van der Waals surface area contributed by atoms with Crippen LogP contribution in [0.3, 0.4) is 0 Å². The SMILES string of the molecule is COc1cc(/C=C/C(=O)O)ccc1OCc1ccc(Br)cc1. The van der Waals surface area contributed by atoms with E-state index < -0.39 is 5.97 Å². The van der Waals surface area contributed by atoms with Crippen LogP contribution in [0.1, 0.15) is 11.1 Å². The van der Waals surface area contributed by atoms with Crippen molar-refractivity contribution < 1.29 is 19.4 Å². The molecule has 0 atom stereocenters. The molecule has 0 bridgehead atoms. The molecule has 114 valence electrons. The molecule has 0 aliphatic carbocycles. The van der Waals surface area contributed by atoms with Gasteiger partial charge in [0.15, 0.2) is 11.5 Å². The van der Waals surface area contributed by atoms with E-state index in [1.54, 1.807) is 25.3 Å². The standard InChI is InChI=1S/C17H15BrO4/c1-21-16-10-12(5-9-17(19)20)4-8-15(16)22-11-13-2-6-14(18)7-3-13/h2-10H,11H2,1H3,(H,19,20)/b9-5+. The second-order valence-corrected chi connectivity index (χ2v) is 5.41. The summed E-state index contributed by atoms with van der Waals surface area (Å²) in [5, 5.41) is 8.64. The molecule has 0 saturated carbocycles. The molecule has 22 heavy (non-hydrogen) atoms. The summed E-state index contributed by atoms with van der Waals surface area (Å²) in [5.74, 6) is 0.178. The van der Waals surface area contributed by atoms with Crippen LogP contribution < -0.4 is 9.47 Å². The minimum Gasteiger partial charge on any atom is -0.493 e. The van der Waals surface area contributed by atoms with E-state index in [0.29, 0.717) is 18.1 Å². The van der Waals surface area contributed by atoms with Crippen LogP contribution in [0.2, 0.25) is 0 Å². The molecule has 0 amide bonds. The summed E-state index contributed by atoms with van der Waals surface area (Å²) < 4.78 is 12.1. The highest BCUT2D eigenvalue weighted by Crippen LogP contribution is 2.29. The number of ether oxygens (including phenoxy) is 2. The molecule has 0 unspecified atom stereocenters. The lowest BCUT2D eigenvalue weighted by molar-refractivity contribution is -0.131. The van der Waals surface area contributed by atoms with Crippen LogP contribution in [0.15, 0.2) is 53.0 Å². The highest BCUT2D eigenvalue weighted by molar-refractivity contribution is 9.10. The highest BCUT2D eigenvalue weighted by atomic mass is 79.9. The van der Waals surface area contributed by atoms with Gasteiger partial charge < -0.3 is 14.6 Å². The summed E-state index contributed by atoms with van der Waals surface area (Å²) in [6.07, 6.45) is 2.58.